The highest BCUT2D eigenvalue weighted by atomic mass is 35.5. The summed E-state index contributed by atoms with van der Waals surface area (Å²) >= 11 is 32.9. The van der Waals surface area contributed by atoms with Gasteiger partial charge in [-0.2, -0.15) is 0 Å². The van der Waals surface area contributed by atoms with Crippen LogP contribution >= 0.6 is 84.5 Å². The van der Waals surface area contributed by atoms with Crippen molar-refractivity contribution in [2.24, 2.45) is 0 Å². The van der Waals surface area contributed by atoms with Gasteiger partial charge in [-0.15, -0.1) is 0 Å². The third-order valence-electron chi connectivity index (χ3n) is 7.71. The molecule has 0 spiro atoms. The van der Waals surface area contributed by atoms with Gasteiger partial charge in [-0.25, -0.2) is 19.1 Å². The average Bonchev–Trinajstić information content (AvgIpc) is 3.72. The lowest BCUT2D eigenvalue weighted by Crippen LogP contribution is -2.38. The lowest BCUT2D eigenvalue weighted by molar-refractivity contribution is -0.0559. The fourth-order valence-corrected chi connectivity index (χ4v) is 9.20. The van der Waals surface area contributed by atoms with E-state index in [0.29, 0.717) is 22.1 Å². The van der Waals surface area contributed by atoms with Crippen LogP contribution in [0.2, 0.25) is 20.1 Å². The van der Waals surface area contributed by atoms with Crippen molar-refractivity contribution in [1.29, 1.82) is 0 Å². The number of rotatable bonds is 2. The molecule has 0 bridgehead atoms. The molecule has 2 N–H and O–H groups in total. The summed E-state index contributed by atoms with van der Waals surface area (Å²) in [6.45, 7) is -9.57. The Morgan fingerprint density at radius 3 is 1.46 bits per heavy atom. The number of aromatic nitrogens is 4. The number of ether oxygens (including phenoxy) is 2. The van der Waals surface area contributed by atoms with Crippen LogP contribution in [-0.4, -0.2) is 79.2 Å². The summed E-state index contributed by atoms with van der Waals surface area (Å²) < 4.78 is 64.5. The number of aliphatic hydroxyl groups excluding tert-OH is 2. The molecule has 14 nitrogen and oxygen atoms in total. The summed E-state index contributed by atoms with van der Waals surface area (Å²) in [5, 5.41) is 23.7. The lowest BCUT2D eigenvalue weighted by Gasteiger charge is -2.28. The predicted molar refractivity (Wildman–Crippen MR) is 174 cm³/mol. The Morgan fingerprint density at radius 2 is 1.07 bits per heavy atom. The van der Waals surface area contributed by atoms with E-state index >= 15 is 0 Å². The van der Waals surface area contributed by atoms with E-state index in [1.54, 1.807) is 24.3 Å². The Kier molecular flexibility index (Phi) is 9.28. The number of halogens is 4. The minimum absolute atomic E-state index is 0.238. The van der Waals surface area contributed by atoms with E-state index in [1.165, 1.54) is 21.8 Å². The van der Waals surface area contributed by atoms with Crippen molar-refractivity contribution < 1.29 is 46.9 Å². The van der Waals surface area contributed by atoms with Crippen LogP contribution in [0.25, 0.3) is 22.1 Å². The highest BCUT2D eigenvalue weighted by molar-refractivity contribution is 8.44. The largest absolute Gasteiger partial charge is 0.386 e. The van der Waals surface area contributed by atoms with Crippen LogP contribution in [0, 0.1) is 0 Å². The normalized spacial score (nSPS) is 37.2. The van der Waals surface area contributed by atoms with E-state index in [-0.39, 0.29) is 20.1 Å². The summed E-state index contributed by atoms with van der Waals surface area (Å²) in [5.74, 6) is 0. The molecule has 46 heavy (non-hydrogen) atoms. The van der Waals surface area contributed by atoms with E-state index in [9.17, 15) is 19.3 Å². The van der Waals surface area contributed by atoms with Crippen molar-refractivity contribution in [2.75, 3.05) is 13.2 Å². The number of hydrogen-bond donors (Lipinski definition) is 4. The van der Waals surface area contributed by atoms with Crippen LogP contribution in [-0.2, 0) is 36.7 Å². The zero-order valence-corrected chi connectivity index (χ0v) is 29.3. The molecule has 7 rings (SSSR count). The molecular formula is C24H22Cl4N4O10P2S2. The fourth-order valence-electron chi connectivity index (χ4n) is 5.58. The highest BCUT2D eigenvalue weighted by Gasteiger charge is 2.53. The molecule has 0 aliphatic carbocycles. The molecule has 3 aliphatic heterocycles. The SMILES string of the molecule is O=P1(S)OC[C@H]2O[C@@H](n3cnc4cc(Cl)c(Cl)cc43)C(O)[C@H]2OP(=O)(S)OC[C@H]2O[C@@H](n3cnc4cc(Cl)c(Cl)cc43)C(O)C2O1. The maximum absolute atomic E-state index is 13.5. The average molecular weight is 794 g/mol. The zero-order chi connectivity index (χ0) is 32.7. The smallest absolute Gasteiger partial charge is 0.386 e. The standard InChI is InChI=1S/C24H22Cl4N4O10P2S2/c25-9-1-13-15(3-11(9)27)31(7-29-13)23-19(33)21-17(39-23)5-37-44(36,46)42-22-18(6-38-43(35,45)41-21)40-24(20(22)34)32-8-30-14-2-10(26)12(28)4-16(14)32/h1-4,7-8,17-24,33-34H,5-6H2,(H,35,45)(H,36,46)/t17-,18-,19?,20?,21+,22?,23-,24-,43?,44?/m1/s1. The molecule has 22 heteroatoms. The summed E-state index contributed by atoms with van der Waals surface area (Å²) in [7, 11) is 0. The Balaban J connectivity index is 1.16. The fraction of sp³-hybridized carbons (Fsp3) is 0.417. The van der Waals surface area contributed by atoms with Gasteiger partial charge in [-0.1, -0.05) is 70.9 Å². The van der Waals surface area contributed by atoms with E-state index in [0.717, 1.165) is 0 Å². The molecule has 5 unspecified atom stereocenters. The van der Waals surface area contributed by atoms with Gasteiger partial charge in [-0.05, 0) is 24.3 Å². The van der Waals surface area contributed by atoms with Gasteiger partial charge < -0.3 is 28.8 Å². The van der Waals surface area contributed by atoms with Crippen molar-refractivity contribution in [3.05, 3.63) is 57.0 Å². The molecule has 4 aromatic rings. The van der Waals surface area contributed by atoms with Gasteiger partial charge in [0.05, 0.1) is 68.0 Å². The number of nitrogens with zero attached hydrogens (tertiary/aromatic N) is 4. The summed E-state index contributed by atoms with van der Waals surface area (Å²) in [6, 6.07) is 6.17. The second-order valence-electron chi connectivity index (χ2n) is 10.6. The van der Waals surface area contributed by atoms with Crippen molar-refractivity contribution in [2.45, 2.75) is 49.1 Å². The molecule has 3 aliphatic rings. The van der Waals surface area contributed by atoms with Crippen LogP contribution in [0.5, 0.6) is 0 Å². The molecule has 3 saturated heterocycles. The van der Waals surface area contributed by atoms with Gasteiger partial charge in [0.2, 0.25) is 0 Å². The number of hydrogen-bond acceptors (Lipinski definition) is 12. The van der Waals surface area contributed by atoms with Gasteiger partial charge in [0, 0.05) is 0 Å². The molecule has 0 saturated carbocycles. The van der Waals surface area contributed by atoms with E-state index in [1.807, 2.05) is 0 Å². The van der Waals surface area contributed by atoms with Crippen LogP contribution in [0.3, 0.4) is 0 Å². The summed E-state index contributed by atoms with van der Waals surface area (Å²) in [5.41, 5.74) is 1.86. The van der Waals surface area contributed by atoms with Crippen LogP contribution in [0.1, 0.15) is 12.5 Å². The van der Waals surface area contributed by atoms with Gasteiger partial charge >= 0.3 is 13.6 Å². The summed E-state index contributed by atoms with van der Waals surface area (Å²) in [4.78, 5) is 8.56. The van der Waals surface area contributed by atoms with Crippen LogP contribution < -0.4 is 0 Å². The highest BCUT2D eigenvalue weighted by Crippen LogP contribution is 2.60. The van der Waals surface area contributed by atoms with Crippen molar-refractivity contribution in [1.82, 2.24) is 19.1 Å². The molecule has 3 fully saturated rings. The first-order valence-electron chi connectivity index (χ1n) is 13.3. The van der Waals surface area contributed by atoms with E-state index in [4.69, 9.17) is 74.0 Å². The molecule has 5 heterocycles. The minimum atomic E-state index is -4.26. The van der Waals surface area contributed by atoms with Crippen LogP contribution in [0.4, 0.5) is 0 Å². The molecule has 0 amide bonds. The maximum Gasteiger partial charge on any atom is 0.386 e. The third-order valence-corrected chi connectivity index (χ3v) is 12.4. The van der Waals surface area contributed by atoms with Gasteiger partial charge in [0.15, 0.2) is 12.5 Å². The summed E-state index contributed by atoms with van der Waals surface area (Å²) in [6.07, 6.45) is -7.59. The van der Waals surface area contributed by atoms with Gasteiger partial charge in [-0.3, -0.25) is 18.1 Å². The Hall–Kier alpha value is -0.620. The lowest BCUT2D eigenvalue weighted by atomic mass is 10.1. The first kappa shape index (κ1) is 33.9. The second kappa shape index (κ2) is 12.6. The first-order chi connectivity index (χ1) is 21.7. The second-order valence-corrected chi connectivity index (χ2v) is 18.0. The van der Waals surface area contributed by atoms with Crippen molar-refractivity contribution in [3.8, 4) is 0 Å². The number of fused-ring (bicyclic) bond motifs is 4. The van der Waals surface area contributed by atoms with Crippen molar-refractivity contribution >= 4 is 107 Å². The minimum Gasteiger partial charge on any atom is -0.386 e. The molecule has 2 aromatic carbocycles. The topological polar surface area (TPSA) is 166 Å². The first-order valence-corrected chi connectivity index (χ1v) is 20.2. The number of aliphatic hydroxyl groups is 2. The Labute approximate surface area is 290 Å². The van der Waals surface area contributed by atoms with Gasteiger partial charge in [0.25, 0.3) is 0 Å². The van der Waals surface area contributed by atoms with Crippen molar-refractivity contribution in [3.63, 3.8) is 0 Å². The monoisotopic (exact) mass is 792 g/mol. The molecule has 0 radical (unpaired) electrons. The maximum atomic E-state index is 13.5. The molecule has 10 atom stereocenters. The number of benzene rings is 2. The number of imidazole rings is 2. The quantitative estimate of drug-likeness (QED) is 0.136. The zero-order valence-electron chi connectivity index (χ0n) is 22.7. The predicted octanol–water partition coefficient (Wildman–Crippen LogP) is 6.11. The van der Waals surface area contributed by atoms with E-state index in [2.05, 4.69) is 34.5 Å². The van der Waals surface area contributed by atoms with E-state index < -0.39 is 75.9 Å². The molecule has 248 valence electrons. The molecule has 2 aromatic heterocycles. The number of thiol groups is 2. The third kappa shape index (κ3) is 6.28. The van der Waals surface area contributed by atoms with Crippen LogP contribution in [0.15, 0.2) is 36.9 Å². The molecular weight excluding hydrogens is 772 g/mol. The van der Waals surface area contributed by atoms with Gasteiger partial charge in [0.1, 0.15) is 36.6 Å². The Morgan fingerprint density at radius 1 is 0.696 bits per heavy atom. The Bertz CT molecular complexity index is 1800.